The summed E-state index contributed by atoms with van der Waals surface area (Å²) < 4.78 is 6.40. The Morgan fingerprint density at radius 2 is 1.75 bits per heavy atom. The molecule has 36 heavy (non-hydrogen) atoms. The summed E-state index contributed by atoms with van der Waals surface area (Å²) in [5, 5.41) is 0. The number of aliphatic imine (C=N–C) groups is 1. The summed E-state index contributed by atoms with van der Waals surface area (Å²) in [5.74, 6) is 3.93. The van der Waals surface area contributed by atoms with Crippen LogP contribution in [0.3, 0.4) is 0 Å². The maximum atomic E-state index is 6.40. The van der Waals surface area contributed by atoms with E-state index >= 15 is 0 Å². The van der Waals surface area contributed by atoms with Gasteiger partial charge in [0, 0.05) is 19.9 Å². The quantitative estimate of drug-likeness (QED) is 0.0749. The van der Waals surface area contributed by atoms with Crippen molar-refractivity contribution in [3.63, 3.8) is 0 Å². The van der Waals surface area contributed by atoms with Gasteiger partial charge in [0.15, 0.2) is 0 Å². The SMILES string of the molecule is C=C(C)C(=C)C(CC[C@H]1CC[C@@H]([C@@H](C=NC)CC)C=C1C(C)C(CCCC)C(C)C)OCCCCC. The molecule has 0 amide bonds. The van der Waals surface area contributed by atoms with E-state index < -0.39 is 0 Å². The van der Waals surface area contributed by atoms with Gasteiger partial charge in [-0.2, -0.15) is 0 Å². The minimum atomic E-state index is 0.102. The number of ether oxygens (including phenoxy) is 1. The number of rotatable bonds is 19. The van der Waals surface area contributed by atoms with Gasteiger partial charge >= 0.3 is 0 Å². The van der Waals surface area contributed by atoms with Gasteiger partial charge in [0.05, 0.1) is 6.10 Å². The van der Waals surface area contributed by atoms with Crippen molar-refractivity contribution in [2.24, 2.45) is 40.5 Å². The maximum Gasteiger partial charge on any atom is 0.0821 e. The van der Waals surface area contributed by atoms with Gasteiger partial charge in [0.25, 0.3) is 0 Å². The van der Waals surface area contributed by atoms with Crippen LogP contribution >= 0.6 is 0 Å². The molecule has 0 saturated carbocycles. The third-order valence-corrected chi connectivity index (χ3v) is 8.78. The molecule has 2 heteroatoms. The van der Waals surface area contributed by atoms with E-state index in [1.807, 2.05) is 7.05 Å². The fourth-order valence-electron chi connectivity index (χ4n) is 6.32. The predicted octanol–water partition coefficient (Wildman–Crippen LogP) is 10.3. The van der Waals surface area contributed by atoms with Crippen LogP contribution in [-0.4, -0.2) is 26.0 Å². The summed E-state index contributed by atoms with van der Waals surface area (Å²) in [6.07, 6.45) is 18.5. The predicted molar refractivity (Wildman–Crippen MR) is 162 cm³/mol. The molecule has 2 nitrogen and oxygen atoms in total. The van der Waals surface area contributed by atoms with Gasteiger partial charge < -0.3 is 9.73 Å². The molecule has 0 bridgehead atoms. The van der Waals surface area contributed by atoms with E-state index in [0.717, 1.165) is 36.5 Å². The highest BCUT2D eigenvalue weighted by molar-refractivity contribution is 5.61. The third-order valence-electron chi connectivity index (χ3n) is 8.78. The lowest BCUT2D eigenvalue weighted by molar-refractivity contribution is 0.0656. The molecule has 1 rings (SSSR count). The van der Waals surface area contributed by atoms with Gasteiger partial charge in [0.1, 0.15) is 0 Å². The Hall–Kier alpha value is -1.15. The molecule has 0 saturated heterocycles. The fraction of sp³-hybridized carbons (Fsp3) is 0.794. The van der Waals surface area contributed by atoms with Crippen molar-refractivity contribution in [3.8, 4) is 0 Å². The van der Waals surface area contributed by atoms with Crippen LogP contribution in [0.4, 0.5) is 0 Å². The fourth-order valence-corrected chi connectivity index (χ4v) is 6.32. The molecule has 1 aliphatic rings. The topological polar surface area (TPSA) is 21.6 Å². The lowest BCUT2D eigenvalue weighted by atomic mass is 9.67. The van der Waals surface area contributed by atoms with E-state index in [2.05, 4.69) is 78.9 Å². The summed E-state index contributed by atoms with van der Waals surface area (Å²) in [7, 11) is 1.93. The number of unbranched alkanes of at least 4 members (excludes halogenated alkanes) is 3. The zero-order valence-corrected chi connectivity index (χ0v) is 25.5. The first-order valence-electron chi connectivity index (χ1n) is 15.3. The lowest BCUT2D eigenvalue weighted by Gasteiger charge is -2.39. The first kappa shape index (κ1) is 32.9. The zero-order chi connectivity index (χ0) is 27.1. The van der Waals surface area contributed by atoms with E-state index in [1.54, 1.807) is 5.57 Å². The average Bonchev–Trinajstić information content (AvgIpc) is 2.86. The van der Waals surface area contributed by atoms with Crippen LogP contribution in [0.5, 0.6) is 0 Å². The van der Waals surface area contributed by atoms with E-state index in [4.69, 9.17) is 4.74 Å². The van der Waals surface area contributed by atoms with Crippen molar-refractivity contribution in [1.29, 1.82) is 0 Å². The molecule has 3 unspecified atom stereocenters. The Labute approximate surface area is 226 Å². The van der Waals surface area contributed by atoms with Crippen molar-refractivity contribution >= 4 is 6.21 Å². The highest BCUT2D eigenvalue weighted by atomic mass is 16.5. The van der Waals surface area contributed by atoms with Crippen LogP contribution in [0.2, 0.25) is 0 Å². The monoisotopic (exact) mass is 499 g/mol. The molecule has 0 aromatic heterocycles. The van der Waals surface area contributed by atoms with E-state index in [-0.39, 0.29) is 6.10 Å². The van der Waals surface area contributed by atoms with Gasteiger partial charge in [-0.15, -0.1) is 0 Å². The minimum Gasteiger partial charge on any atom is -0.374 e. The molecule has 6 atom stereocenters. The Bertz CT molecular complexity index is 687. The molecule has 0 aromatic rings. The Balaban J connectivity index is 3.16. The highest BCUT2D eigenvalue weighted by Crippen LogP contribution is 2.43. The second kappa shape index (κ2) is 18.2. The molecular weight excluding hydrogens is 438 g/mol. The third kappa shape index (κ3) is 10.7. The smallest absolute Gasteiger partial charge is 0.0821 e. The van der Waals surface area contributed by atoms with E-state index in [0.29, 0.717) is 29.6 Å². The number of hydrogen-bond acceptors (Lipinski definition) is 2. The first-order valence-corrected chi connectivity index (χ1v) is 15.3. The molecule has 0 heterocycles. The van der Waals surface area contributed by atoms with Crippen molar-refractivity contribution in [1.82, 2.24) is 0 Å². The Morgan fingerprint density at radius 1 is 1.06 bits per heavy atom. The van der Waals surface area contributed by atoms with Gasteiger partial charge in [-0.1, -0.05) is 97.6 Å². The Kier molecular flexibility index (Phi) is 16.6. The molecule has 0 radical (unpaired) electrons. The van der Waals surface area contributed by atoms with Gasteiger partial charge in [-0.05, 0) is 93.0 Å². The number of hydrogen-bond donors (Lipinski definition) is 0. The van der Waals surface area contributed by atoms with Crippen molar-refractivity contribution in [2.45, 2.75) is 125 Å². The summed E-state index contributed by atoms with van der Waals surface area (Å²) in [6.45, 7) is 25.7. The molecule has 0 aliphatic heterocycles. The molecular formula is C34H61NO. The lowest BCUT2D eigenvalue weighted by Crippen LogP contribution is -2.29. The van der Waals surface area contributed by atoms with E-state index in [1.165, 1.54) is 57.8 Å². The van der Waals surface area contributed by atoms with E-state index in [9.17, 15) is 0 Å². The molecule has 208 valence electrons. The van der Waals surface area contributed by atoms with Gasteiger partial charge in [0.2, 0.25) is 0 Å². The van der Waals surface area contributed by atoms with Crippen molar-refractivity contribution in [3.05, 3.63) is 36.0 Å². The average molecular weight is 500 g/mol. The first-order chi connectivity index (χ1) is 17.2. The second-order valence-electron chi connectivity index (χ2n) is 11.9. The van der Waals surface area contributed by atoms with Crippen LogP contribution in [0.25, 0.3) is 0 Å². The Morgan fingerprint density at radius 3 is 2.31 bits per heavy atom. The number of allylic oxidation sites excluding steroid dienone is 2. The van der Waals surface area contributed by atoms with Gasteiger partial charge in [-0.25, -0.2) is 0 Å². The molecule has 0 spiro atoms. The van der Waals surface area contributed by atoms with Crippen molar-refractivity contribution < 1.29 is 4.74 Å². The summed E-state index contributed by atoms with van der Waals surface area (Å²) in [6, 6.07) is 0. The summed E-state index contributed by atoms with van der Waals surface area (Å²) in [4.78, 5) is 4.42. The van der Waals surface area contributed by atoms with Crippen LogP contribution in [0.1, 0.15) is 119 Å². The highest BCUT2D eigenvalue weighted by Gasteiger charge is 2.33. The molecule has 0 aromatic carbocycles. The molecule has 1 aliphatic carbocycles. The zero-order valence-electron chi connectivity index (χ0n) is 25.5. The molecule has 0 N–H and O–H groups in total. The standard InChI is InChI=1S/C34H61NO/c1-11-14-16-22-36-34(27(8)25(4)5)21-20-30-18-19-31(29(13-3)24-35-10)23-33(30)28(9)32(26(6)7)17-15-12-2/h23-24,26,28-32,34H,4,8,11-22H2,1-3,5-7,9-10H3/t28?,29-,30-,31-,32?,34?/m1/s1. The van der Waals surface area contributed by atoms with Crippen LogP contribution in [0, 0.1) is 35.5 Å². The summed E-state index contributed by atoms with van der Waals surface area (Å²) >= 11 is 0. The summed E-state index contributed by atoms with van der Waals surface area (Å²) in [5.41, 5.74) is 3.88. The minimum absolute atomic E-state index is 0.102. The van der Waals surface area contributed by atoms with Crippen LogP contribution < -0.4 is 0 Å². The van der Waals surface area contributed by atoms with Gasteiger partial charge in [-0.3, -0.25) is 0 Å². The number of nitrogens with zero attached hydrogens (tertiary/aromatic N) is 1. The second-order valence-corrected chi connectivity index (χ2v) is 11.9. The van der Waals surface area contributed by atoms with Crippen molar-refractivity contribution in [2.75, 3.05) is 13.7 Å². The maximum absolute atomic E-state index is 6.40. The van der Waals surface area contributed by atoms with Crippen LogP contribution in [-0.2, 0) is 4.74 Å². The largest absolute Gasteiger partial charge is 0.374 e. The normalized spacial score (nSPS) is 21.9. The molecule has 0 fully saturated rings. The van der Waals surface area contributed by atoms with Crippen LogP contribution in [0.15, 0.2) is 40.9 Å².